The number of nitrogens with two attached hydrogens (primary N) is 1. The second kappa shape index (κ2) is 4.19. The normalized spacial score (nSPS) is 13.4. The number of aromatic amines is 1. The standard InChI is InChI=1S/C14H9N5O4/c15-12-11-6(13(22)17-14(11)23)2-10(21)19(12)8-3-7-5(1-9(8)20)4-16-18-7/h1-4,20H,15H2,(H,16,18)(H,17,22,23). The summed E-state index contributed by atoms with van der Waals surface area (Å²) in [5.74, 6) is -1.78. The number of phenols is 1. The van der Waals surface area contributed by atoms with Gasteiger partial charge in [-0.25, -0.2) is 0 Å². The zero-order chi connectivity index (χ0) is 16.3. The first kappa shape index (κ1) is 13.1. The van der Waals surface area contributed by atoms with Crippen LogP contribution in [0.4, 0.5) is 5.82 Å². The van der Waals surface area contributed by atoms with Gasteiger partial charge in [-0.05, 0) is 12.1 Å². The van der Waals surface area contributed by atoms with Gasteiger partial charge in [-0.15, -0.1) is 0 Å². The number of anilines is 1. The van der Waals surface area contributed by atoms with Crippen LogP contribution >= 0.6 is 0 Å². The van der Waals surface area contributed by atoms with Gasteiger partial charge in [0.2, 0.25) is 0 Å². The van der Waals surface area contributed by atoms with E-state index in [9.17, 15) is 19.5 Å². The van der Waals surface area contributed by atoms with Gasteiger partial charge in [-0.1, -0.05) is 0 Å². The third-order valence-corrected chi connectivity index (χ3v) is 3.73. The summed E-state index contributed by atoms with van der Waals surface area (Å²) in [6, 6.07) is 3.91. The molecule has 0 unspecified atom stereocenters. The molecule has 3 aromatic rings. The Hall–Kier alpha value is -3.62. The van der Waals surface area contributed by atoms with Gasteiger partial charge < -0.3 is 10.8 Å². The van der Waals surface area contributed by atoms with Crippen molar-refractivity contribution in [1.82, 2.24) is 20.1 Å². The molecule has 0 atom stereocenters. The predicted molar refractivity (Wildman–Crippen MR) is 79.6 cm³/mol. The summed E-state index contributed by atoms with van der Waals surface area (Å²) in [6.45, 7) is 0. The summed E-state index contributed by atoms with van der Waals surface area (Å²) in [6.07, 6.45) is 1.51. The van der Waals surface area contributed by atoms with Crippen LogP contribution < -0.4 is 16.6 Å². The fraction of sp³-hybridized carbons (Fsp3) is 0. The number of rotatable bonds is 1. The van der Waals surface area contributed by atoms with Crippen molar-refractivity contribution in [3.63, 3.8) is 0 Å². The minimum atomic E-state index is -0.682. The number of aromatic nitrogens is 3. The topological polar surface area (TPSA) is 143 Å². The number of hydrogen-bond acceptors (Lipinski definition) is 6. The summed E-state index contributed by atoms with van der Waals surface area (Å²) < 4.78 is 0.979. The number of carbonyl (C=O) groups excluding carboxylic acids is 2. The minimum absolute atomic E-state index is 0.0733. The molecule has 0 spiro atoms. The van der Waals surface area contributed by atoms with Crippen LogP contribution in [0.2, 0.25) is 0 Å². The van der Waals surface area contributed by atoms with Crippen LogP contribution in [0.3, 0.4) is 0 Å². The van der Waals surface area contributed by atoms with Gasteiger partial charge in [0, 0.05) is 11.5 Å². The molecule has 23 heavy (non-hydrogen) atoms. The van der Waals surface area contributed by atoms with Gasteiger partial charge >= 0.3 is 0 Å². The Morgan fingerprint density at radius 3 is 2.70 bits per heavy atom. The fourth-order valence-corrected chi connectivity index (χ4v) is 2.67. The number of nitrogens with one attached hydrogen (secondary N) is 2. The smallest absolute Gasteiger partial charge is 0.262 e. The molecule has 9 heteroatoms. The largest absolute Gasteiger partial charge is 0.506 e. The molecule has 1 aromatic carbocycles. The average molecular weight is 311 g/mol. The number of pyridine rings is 1. The highest BCUT2D eigenvalue weighted by Crippen LogP contribution is 2.30. The summed E-state index contributed by atoms with van der Waals surface area (Å²) in [5.41, 5.74) is 5.78. The molecule has 0 bridgehead atoms. The van der Waals surface area contributed by atoms with Crippen LogP contribution in [0, 0.1) is 0 Å². The summed E-state index contributed by atoms with van der Waals surface area (Å²) >= 11 is 0. The lowest BCUT2D eigenvalue weighted by Crippen LogP contribution is -2.24. The number of amides is 2. The van der Waals surface area contributed by atoms with Crippen molar-refractivity contribution in [2.75, 3.05) is 5.73 Å². The molecule has 0 saturated heterocycles. The van der Waals surface area contributed by atoms with E-state index in [0.717, 1.165) is 10.6 Å². The molecule has 114 valence electrons. The summed E-state index contributed by atoms with van der Waals surface area (Å²) in [4.78, 5) is 35.8. The lowest BCUT2D eigenvalue weighted by molar-refractivity contribution is 0.0880. The number of benzene rings is 1. The number of carbonyl (C=O) groups is 2. The molecule has 2 aromatic heterocycles. The quantitative estimate of drug-likeness (QED) is 0.461. The molecule has 4 rings (SSSR count). The van der Waals surface area contributed by atoms with Gasteiger partial charge in [0.1, 0.15) is 11.6 Å². The molecule has 0 fully saturated rings. The van der Waals surface area contributed by atoms with E-state index >= 15 is 0 Å². The molecule has 0 saturated carbocycles. The van der Waals surface area contributed by atoms with Crippen molar-refractivity contribution < 1.29 is 14.7 Å². The number of nitrogen functional groups attached to an aromatic ring is 1. The first-order valence-electron chi connectivity index (χ1n) is 6.55. The molecule has 5 N–H and O–H groups in total. The Morgan fingerprint density at radius 2 is 1.91 bits per heavy atom. The number of aromatic hydroxyl groups is 1. The molecule has 3 heterocycles. The maximum absolute atomic E-state index is 12.3. The lowest BCUT2D eigenvalue weighted by atomic mass is 10.1. The van der Waals surface area contributed by atoms with Crippen LogP contribution in [-0.2, 0) is 0 Å². The third kappa shape index (κ3) is 1.67. The molecule has 9 nitrogen and oxygen atoms in total. The average Bonchev–Trinajstić information content (AvgIpc) is 3.03. The van der Waals surface area contributed by atoms with Gasteiger partial charge in [0.25, 0.3) is 17.4 Å². The number of nitrogens with zero attached hydrogens (tertiary/aromatic N) is 2. The van der Waals surface area contributed by atoms with E-state index in [2.05, 4.69) is 15.5 Å². The van der Waals surface area contributed by atoms with E-state index in [-0.39, 0.29) is 28.4 Å². The molecule has 1 aliphatic heterocycles. The molecule has 0 radical (unpaired) electrons. The van der Waals surface area contributed by atoms with Gasteiger partial charge in [0.15, 0.2) is 0 Å². The highest BCUT2D eigenvalue weighted by atomic mass is 16.3. The van der Waals surface area contributed by atoms with Crippen molar-refractivity contribution >= 4 is 28.5 Å². The second-order valence-corrected chi connectivity index (χ2v) is 5.07. The number of fused-ring (bicyclic) bond motifs is 2. The Morgan fingerprint density at radius 1 is 1.13 bits per heavy atom. The van der Waals surface area contributed by atoms with E-state index in [1.54, 1.807) is 0 Å². The fourth-order valence-electron chi connectivity index (χ4n) is 2.67. The maximum Gasteiger partial charge on any atom is 0.262 e. The Bertz CT molecular complexity index is 1080. The van der Waals surface area contributed by atoms with E-state index in [1.807, 2.05) is 0 Å². The first-order chi connectivity index (χ1) is 11.0. The van der Waals surface area contributed by atoms with Gasteiger partial charge in [0.05, 0.1) is 28.5 Å². The van der Waals surface area contributed by atoms with Crippen molar-refractivity contribution in [2.24, 2.45) is 0 Å². The zero-order valence-corrected chi connectivity index (χ0v) is 11.5. The minimum Gasteiger partial charge on any atom is -0.506 e. The van der Waals surface area contributed by atoms with E-state index in [1.165, 1.54) is 18.3 Å². The Balaban J connectivity index is 2.08. The predicted octanol–water partition coefficient (Wildman–Crippen LogP) is -0.115. The van der Waals surface area contributed by atoms with Crippen LogP contribution in [0.15, 0.2) is 29.2 Å². The maximum atomic E-state index is 12.3. The van der Waals surface area contributed by atoms with Crippen molar-refractivity contribution in [3.8, 4) is 11.4 Å². The van der Waals surface area contributed by atoms with Crippen molar-refractivity contribution in [1.29, 1.82) is 0 Å². The molecular formula is C14H9N5O4. The van der Waals surface area contributed by atoms with E-state index in [0.29, 0.717) is 10.9 Å². The lowest BCUT2D eigenvalue weighted by Gasteiger charge is -2.13. The van der Waals surface area contributed by atoms with Crippen LogP contribution in [0.5, 0.6) is 5.75 Å². The van der Waals surface area contributed by atoms with E-state index in [4.69, 9.17) is 5.73 Å². The Kier molecular flexibility index (Phi) is 2.38. The number of phenolic OH excluding ortho intramolecular Hbond substituents is 1. The highest BCUT2D eigenvalue weighted by Gasteiger charge is 2.32. The van der Waals surface area contributed by atoms with Crippen molar-refractivity contribution in [3.05, 3.63) is 45.9 Å². The third-order valence-electron chi connectivity index (χ3n) is 3.73. The zero-order valence-electron chi connectivity index (χ0n) is 11.5. The molecule has 0 aliphatic carbocycles. The van der Waals surface area contributed by atoms with Crippen LogP contribution in [0.25, 0.3) is 16.6 Å². The van der Waals surface area contributed by atoms with Gasteiger partial charge in [-0.3, -0.25) is 29.4 Å². The molecular weight excluding hydrogens is 302 g/mol. The molecule has 2 amide bonds. The summed E-state index contributed by atoms with van der Waals surface area (Å²) in [5, 5.41) is 19.4. The monoisotopic (exact) mass is 311 g/mol. The molecule has 1 aliphatic rings. The van der Waals surface area contributed by atoms with Gasteiger partial charge in [-0.2, -0.15) is 5.10 Å². The Labute approximate surface area is 127 Å². The second-order valence-electron chi connectivity index (χ2n) is 5.07. The van der Waals surface area contributed by atoms with Crippen LogP contribution in [-0.4, -0.2) is 31.7 Å². The first-order valence-corrected chi connectivity index (χ1v) is 6.55. The van der Waals surface area contributed by atoms with Crippen LogP contribution in [0.1, 0.15) is 20.7 Å². The van der Waals surface area contributed by atoms with E-state index < -0.39 is 17.4 Å². The summed E-state index contributed by atoms with van der Waals surface area (Å²) in [7, 11) is 0. The number of imide groups is 1. The highest BCUT2D eigenvalue weighted by molar-refractivity contribution is 6.23. The number of hydrogen-bond donors (Lipinski definition) is 4. The van der Waals surface area contributed by atoms with Crippen molar-refractivity contribution in [2.45, 2.75) is 0 Å². The number of H-pyrrole nitrogens is 1. The SMILES string of the molecule is Nc1c2c(cc(=O)n1-c1cc3[nH]ncc3cc1O)C(=O)NC2=O.